The zero-order valence-electron chi connectivity index (χ0n) is 12.1. The Kier molecular flexibility index (Phi) is 5.35. The zero-order chi connectivity index (χ0) is 14.4. The van der Waals surface area contributed by atoms with Crippen LogP contribution in [0.5, 0.6) is 0 Å². The number of nitrogens with two attached hydrogens (primary N) is 1. The van der Waals surface area contributed by atoms with E-state index in [1.807, 2.05) is 6.07 Å². The number of nitrogens with zero attached hydrogens (tertiary/aromatic N) is 2. The smallest absolute Gasteiger partial charge is 0.250 e. The van der Waals surface area contributed by atoms with Gasteiger partial charge in [0, 0.05) is 25.3 Å². The van der Waals surface area contributed by atoms with E-state index in [9.17, 15) is 4.79 Å². The summed E-state index contributed by atoms with van der Waals surface area (Å²) < 4.78 is 0. The van der Waals surface area contributed by atoms with Gasteiger partial charge in [-0.05, 0) is 37.9 Å². The van der Waals surface area contributed by atoms with Crippen LogP contribution in [0.25, 0.3) is 0 Å². The molecule has 1 aliphatic heterocycles. The highest BCUT2D eigenvalue weighted by Crippen LogP contribution is 2.15. The number of pyridine rings is 1. The van der Waals surface area contributed by atoms with Crippen molar-refractivity contribution in [3.05, 3.63) is 23.9 Å². The molecule has 1 atom stereocenters. The monoisotopic (exact) mass is 276 g/mol. The Morgan fingerprint density at radius 1 is 1.55 bits per heavy atom. The minimum absolute atomic E-state index is 0.429. The number of anilines is 1. The molecule has 5 nitrogen and oxygen atoms in total. The fourth-order valence-electron chi connectivity index (χ4n) is 2.55. The number of nitrogens with one attached hydrogen (secondary N) is 1. The zero-order valence-corrected chi connectivity index (χ0v) is 12.1. The van der Waals surface area contributed by atoms with Crippen LogP contribution in [0.2, 0.25) is 0 Å². The second-order valence-electron chi connectivity index (χ2n) is 5.36. The highest BCUT2D eigenvalue weighted by molar-refractivity contribution is 5.92. The van der Waals surface area contributed by atoms with E-state index in [1.54, 1.807) is 12.3 Å². The molecule has 5 heteroatoms. The van der Waals surface area contributed by atoms with Gasteiger partial charge in [-0.25, -0.2) is 4.98 Å². The lowest BCUT2D eigenvalue weighted by atomic mass is 10.2. The van der Waals surface area contributed by atoms with Crippen LogP contribution in [-0.2, 0) is 0 Å². The molecule has 2 rings (SSSR count). The minimum Gasteiger partial charge on any atom is -0.366 e. The van der Waals surface area contributed by atoms with Gasteiger partial charge in [0.1, 0.15) is 5.82 Å². The van der Waals surface area contributed by atoms with Gasteiger partial charge in [0.2, 0.25) is 5.91 Å². The molecule has 1 aliphatic rings. The van der Waals surface area contributed by atoms with Crippen molar-refractivity contribution in [3.63, 3.8) is 0 Å². The van der Waals surface area contributed by atoms with Crippen molar-refractivity contribution in [1.29, 1.82) is 0 Å². The number of hydrogen-bond acceptors (Lipinski definition) is 4. The fourth-order valence-corrected chi connectivity index (χ4v) is 2.55. The van der Waals surface area contributed by atoms with Crippen molar-refractivity contribution in [3.8, 4) is 0 Å². The summed E-state index contributed by atoms with van der Waals surface area (Å²) in [5.74, 6) is 0.499. The number of primary amides is 1. The molecule has 20 heavy (non-hydrogen) atoms. The summed E-state index contributed by atoms with van der Waals surface area (Å²) in [5.41, 5.74) is 5.71. The van der Waals surface area contributed by atoms with Crippen molar-refractivity contribution in [2.45, 2.75) is 38.6 Å². The van der Waals surface area contributed by atoms with E-state index in [4.69, 9.17) is 5.73 Å². The van der Waals surface area contributed by atoms with Crippen LogP contribution in [-0.4, -0.2) is 36.6 Å². The van der Waals surface area contributed by atoms with Gasteiger partial charge in [-0.15, -0.1) is 0 Å². The maximum absolute atomic E-state index is 11.1. The second kappa shape index (κ2) is 7.24. The topological polar surface area (TPSA) is 71.2 Å². The summed E-state index contributed by atoms with van der Waals surface area (Å²) in [6, 6.07) is 4.20. The summed E-state index contributed by atoms with van der Waals surface area (Å²) in [4.78, 5) is 17.8. The van der Waals surface area contributed by atoms with Gasteiger partial charge in [-0.2, -0.15) is 0 Å². The Labute approximate surface area is 120 Å². The van der Waals surface area contributed by atoms with E-state index in [-0.39, 0.29) is 0 Å². The van der Waals surface area contributed by atoms with Gasteiger partial charge >= 0.3 is 0 Å². The van der Waals surface area contributed by atoms with Gasteiger partial charge in [-0.3, -0.25) is 4.79 Å². The largest absolute Gasteiger partial charge is 0.366 e. The maximum atomic E-state index is 11.1. The van der Waals surface area contributed by atoms with E-state index < -0.39 is 5.91 Å². The first kappa shape index (κ1) is 14.8. The van der Waals surface area contributed by atoms with Crippen LogP contribution in [0.3, 0.4) is 0 Å². The van der Waals surface area contributed by atoms with Gasteiger partial charge in [0.25, 0.3) is 0 Å². The molecule has 110 valence electrons. The third-order valence-electron chi connectivity index (χ3n) is 3.74. The molecule has 0 aromatic carbocycles. The molecule has 1 unspecified atom stereocenters. The minimum atomic E-state index is -0.429. The van der Waals surface area contributed by atoms with Crippen LogP contribution in [0.15, 0.2) is 18.3 Å². The lowest BCUT2D eigenvalue weighted by Gasteiger charge is -2.27. The molecule has 0 bridgehead atoms. The lowest BCUT2D eigenvalue weighted by molar-refractivity contribution is 0.1000. The molecular weight excluding hydrogens is 252 g/mol. The molecule has 0 spiro atoms. The van der Waals surface area contributed by atoms with Crippen LogP contribution in [0, 0.1) is 0 Å². The maximum Gasteiger partial charge on any atom is 0.250 e. The molecule has 1 aromatic rings. The average molecular weight is 276 g/mol. The molecule has 1 amide bonds. The molecule has 3 N–H and O–H groups in total. The third kappa shape index (κ3) is 3.93. The standard InChI is InChI=1S/C15H24N4O/c1-2-3-9-19(11-13-5-4-8-17-13)14-7-6-12(10-18-14)15(16)20/h6-7,10,13,17H,2-5,8-9,11H2,1H3,(H2,16,20). The Hall–Kier alpha value is -1.62. The number of unbranched alkanes of at least 4 members (excludes halogenated alkanes) is 1. The Balaban J connectivity index is 2.05. The number of amides is 1. The summed E-state index contributed by atoms with van der Waals surface area (Å²) in [7, 11) is 0. The van der Waals surface area contributed by atoms with Crippen LogP contribution in [0.1, 0.15) is 43.0 Å². The SMILES string of the molecule is CCCCN(CC1CCCN1)c1ccc(C(N)=O)cn1. The van der Waals surface area contributed by atoms with E-state index in [2.05, 4.69) is 22.1 Å². The first-order chi connectivity index (χ1) is 9.70. The van der Waals surface area contributed by atoms with Crippen LogP contribution >= 0.6 is 0 Å². The molecule has 0 aliphatic carbocycles. The van der Waals surface area contributed by atoms with Crippen molar-refractivity contribution < 1.29 is 4.79 Å². The van der Waals surface area contributed by atoms with Crippen LogP contribution < -0.4 is 16.0 Å². The van der Waals surface area contributed by atoms with E-state index in [0.29, 0.717) is 11.6 Å². The van der Waals surface area contributed by atoms with E-state index in [0.717, 1.165) is 38.3 Å². The normalized spacial score (nSPS) is 18.1. The van der Waals surface area contributed by atoms with Gasteiger partial charge in [0.15, 0.2) is 0 Å². The molecule has 2 heterocycles. The number of carbonyl (C=O) groups excluding carboxylic acids is 1. The summed E-state index contributed by atoms with van der Waals surface area (Å²) in [5, 5.41) is 3.52. The first-order valence-corrected chi connectivity index (χ1v) is 7.45. The summed E-state index contributed by atoms with van der Waals surface area (Å²) >= 11 is 0. The third-order valence-corrected chi connectivity index (χ3v) is 3.74. The van der Waals surface area contributed by atoms with Gasteiger partial charge in [0.05, 0.1) is 5.56 Å². The molecular formula is C15H24N4O. The quantitative estimate of drug-likeness (QED) is 0.792. The molecule has 0 radical (unpaired) electrons. The highest BCUT2D eigenvalue weighted by atomic mass is 16.1. The highest BCUT2D eigenvalue weighted by Gasteiger charge is 2.18. The molecule has 1 aromatic heterocycles. The predicted octanol–water partition coefficient (Wildman–Crippen LogP) is 1.54. The summed E-state index contributed by atoms with van der Waals surface area (Å²) in [6.07, 6.45) is 6.35. The fraction of sp³-hybridized carbons (Fsp3) is 0.600. The Bertz CT molecular complexity index is 426. The lowest BCUT2D eigenvalue weighted by Crippen LogP contribution is -2.38. The number of carbonyl (C=O) groups is 1. The van der Waals surface area contributed by atoms with Crippen molar-refractivity contribution in [2.24, 2.45) is 5.73 Å². The predicted molar refractivity (Wildman–Crippen MR) is 80.9 cm³/mol. The molecule has 1 saturated heterocycles. The first-order valence-electron chi connectivity index (χ1n) is 7.45. The molecule has 1 fully saturated rings. The second-order valence-corrected chi connectivity index (χ2v) is 5.36. The number of aromatic nitrogens is 1. The van der Waals surface area contributed by atoms with E-state index in [1.165, 1.54) is 12.8 Å². The van der Waals surface area contributed by atoms with Gasteiger partial charge < -0.3 is 16.0 Å². The van der Waals surface area contributed by atoms with Crippen molar-refractivity contribution >= 4 is 11.7 Å². The van der Waals surface area contributed by atoms with Crippen molar-refractivity contribution in [1.82, 2.24) is 10.3 Å². The Morgan fingerprint density at radius 3 is 2.95 bits per heavy atom. The average Bonchev–Trinajstić information content (AvgIpc) is 2.96. The van der Waals surface area contributed by atoms with Crippen LogP contribution in [0.4, 0.5) is 5.82 Å². The Morgan fingerprint density at radius 2 is 2.40 bits per heavy atom. The molecule has 0 saturated carbocycles. The number of hydrogen-bond donors (Lipinski definition) is 2. The van der Waals surface area contributed by atoms with E-state index >= 15 is 0 Å². The van der Waals surface area contributed by atoms with Crippen molar-refractivity contribution in [2.75, 3.05) is 24.5 Å². The summed E-state index contributed by atoms with van der Waals surface area (Å²) in [6.45, 7) is 5.27. The van der Waals surface area contributed by atoms with Gasteiger partial charge in [-0.1, -0.05) is 13.3 Å². The number of rotatable bonds is 7.